The van der Waals surface area contributed by atoms with Gasteiger partial charge in [0.1, 0.15) is 18.1 Å². The molecule has 1 atom stereocenters. The highest BCUT2D eigenvalue weighted by Crippen LogP contribution is 2.24. The number of rotatable bonds is 1. The van der Waals surface area contributed by atoms with Gasteiger partial charge >= 0.3 is 5.97 Å². The second kappa shape index (κ2) is 3.16. The highest BCUT2D eigenvalue weighted by atomic mass is 16.4. The predicted octanol–water partition coefficient (Wildman–Crippen LogP) is 0.630. The first kappa shape index (κ1) is 8.22. The number of hydrogen-bond acceptors (Lipinski definition) is 3. The minimum Gasteiger partial charge on any atom is -0.481 e. The standard InChI is InChI=1S/C8H11N3O2/c12-8(13)6-3-1-2-4-11-5-9-10-7(6)11/h5-6H,1-4H2,(H,12,13)/t6-/m1/s1. The SMILES string of the molecule is O=C(O)[C@@H]1CCCCn2cnnc21. The summed E-state index contributed by atoms with van der Waals surface area (Å²) >= 11 is 0. The first-order valence-corrected chi connectivity index (χ1v) is 4.39. The summed E-state index contributed by atoms with van der Waals surface area (Å²) in [6, 6.07) is 0. The minimum atomic E-state index is -0.795. The van der Waals surface area contributed by atoms with Crippen LogP contribution in [0.5, 0.6) is 0 Å². The van der Waals surface area contributed by atoms with Crippen LogP contribution in [-0.4, -0.2) is 25.8 Å². The maximum absolute atomic E-state index is 10.9. The first-order chi connectivity index (χ1) is 6.29. The average molecular weight is 181 g/mol. The van der Waals surface area contributed by atoms with Crippen molar-refractivity contribution in [3.05, 3.63) is 12.2 Å². The number of aryl methyl sites for hydroxylation is 1. The Morgan fingerprint density at radius 3 is 3.23 bits per heavy atom. The van der Waals surface area contributed by atoms with Gasteiger partial charge in [-0.1, -0.05) is 6.42 Å². The number of aliphatic carboxylic acids is 1. The van der Waals surface area contributed by atoms with Crippen LogP contribution in [0, 0.1) is 0 Å². The summed E-state index contributed by atoms with van der Waals surface area (Å²) in [4.78, 5) is 10.9. The Bertz CT molecular complexity index is 321. The van der Waals surface area contributed by atoms with E-state index in [9.17, 15) is 4.79 Å². The molecule has 0 aliphatic carbocycles. The van der Waals surface area contributed by atoms with Crippen LogP contribution in [0.3, 0.4) is 0 Å². The lowest BCUT2D eigenvalue weighted by Crippen LogP contribution is -2.14. The lowest BCUT2D eigenvalue weighted by atomic mass is 10.0. The quantitative estimate of drug-likeness (QED) is 0.690. The molecule has 1 aromatic heterocycles. The molecule has 1 N–H and O–H groups in total. The lowest BCUT2D eigenvalue weighted by molar-refractivity contribution is -0.139. The molecule has 2 rings (SSSR count). The number of aromatic nitrogens is 3. The van der Waals surface area contributed by atoms with Crippen molar-refractivity contribution in [3.8, 4) is 0 Å². The lowest BCUT2D eigenvalue weighted by Gasteiger charge is -2.07. The maximum Gasteiger partial charge on any atom is 0.314 e. The molecular formula is C8H11N3O2. The molecule has 0 bridgehead atoms. The van der Waals surface area contributed by atoms with Gasteiger partial charge in [0, 0.05) is 6.54 Å². The smallest absolute Gasteiger partial charge is 0.314 e. The molecular weight excluding hydrogens is 170 g/mol. The zero-order valence-corrected chi connectivity index (χ0v) is 7.18. The van der Waals surface area contributed by atoms with Crippen LogP contribution in [0.25, 0.3) is 0 Å². The molecule has 0 radical (unpaired) electrons. The monoisotopic (exact) mass is 181 g/mol. The number of hydrogen-bond donors (Lipinski definition) is 1. The molecule has 70 valence electrons. The molecule has 1 aromatic rings. The van der Waals surface area contributed by atoms with Crippen LogP contribution in [-0.2, 0) is 11.3 Å². The van der Waals surface area contributed by atoms with E-state index in [0.717, 1.165) is 19.4 Å². The van der Waals surface area contributed by atoms with Crippen molar-refractivity contribution in [3.63, 3.8) is 0 Å². The zero-order valence-electron chi connectivity index (χ0n) is 7.18. The van der Waals surface area contributed by atoms with E-state index in [0.29, 0.717) is 12.2 Å². The molecule has 5 heteroatoms. The minimum absolute atomic E-state index is 0.468. The van der Waals surface area contributed by atoms with Gasteiger partial charge in [-0.2, -0.15) is 0 Å². The van der Waals surface area contributed by atoms with Crippen LogP contribution < -0.4 is 0 Å². The number of carbonyl (C=O) groups is 1. The molecule has 13 heavy (non-hydrogen) atoms. The van der Waals surface area contributed by atoms with E-state index in [1.807, 2.05) is 4.57 Å². The van der Waals surface area contributed by atoms with E-state index in [4.69, 9.17) is 5.11 Å². The van der Waals surface area contributed by atoms with Gasteiger partial charge in [-0.25, -0.2) is 0 Å². The summed E-state index contributed by atoms with van der Waals surface area (Å²) in [7, 11) is 0. The van der Waals surface area contributed by atoms with Gasteiger partial charge in [0.15, 0.2) is 0 Å². The summed E-state index contributed by atoms with van der Waals surface area (Å²) in [5.74, 6) is -0.661. The van der Waals surface area contributed by atoms with Crippen molar-refractivity contribution in [2.75, 3.05) is 0 Å². The molecule has 0 saturated heterocycles. The third-order valence-corrected chi connectivity index (χ3v) is 2.40. The van der Waals surface area contributed by atoms with Gasteiger partial charge in [-0.15, -0.1) is 10.2 Å². The molecule has 0 saturated carbocycles. The fourth-order valence-corrected chi connectivity index (χ4v) is 1.70. The van der Waals surface area contributed by atoms with Crippen LogP contribution in [0.2, 0.25) is 0 Å². The third-order valence-electron chi connectivity index (χ3n) is 2.40. The fraction of sp³-hybridized carbons (Fsp3) is 0.625. The van der Waals surface area contributed by atoms with Crippen molar-refractivity contribution in [2.45, 2.75) is 31.7 Å². The summed E-state index contributed by atoms with van der Waals surface area (Å²) in [6.07, 6.45) is 4.24. The van der Waals surface area contributed by atoms with E-state index in [1.54, 1.807) is 6.33 Å². The van der Waals surface area contributed by atoms with Crippen molar-refractivity contribution in [1.82, 2.24) is 14.8 Å². The molecule has 1 aliphatic rings. The Hall–Kier alpha value is -1.39. The van der Waals surface area contributed by atoms with Crippen LogP contribution in [0.1, 0.15) is 31.0 Å². The number of carboxylic acid groups (broad SMARTS) is 1. The summed E-state index contributed by atoms with van der Waals surface area (Å²) in [6.45, 7) is 0.839. The highest BCUT2D eigenvalue weighted by molar-refractivity contribution is 5.74. The van der Waals surface area contributed by atoms with Gasteiger partial charge in [0.05, 0.1) is 0 Å². The third kappa shape index (κ3) is 1.41. The van der Waals surface area contributed by atoms with Crippen LogP contribution in [0.15, 0.2) is 6.33 Å². The Morgan fingerprint density at radius 1 is 1.62 bits per heavy atom. The summed E-state index contributed by atoms with van der Waals surface area (Å²) in [5.41, 5.74) is 0. The molecule has 0 aromatic carbocycles. The highest BCUT2D eigenvalue weighted by Gasteiger charge is 2.26. The van der Waals surface area contributed by atoms with E-state index in [2.05, 4.69) is 10.2 Å². The molecule has 0 unspecified atom stereocenters. The van der Waals surface area contributed by atoms with Crippen molar-refractivity contribution in [2.24, 2.45) is 0 Å². The zero-order chi connectivity index (χ0) is 9.26. The Morgan fingerprint density at radius 2 is 2.46 bits per heavy atom. The Labute approximate surface area is 75.4 Å². The van der Waals surface area contributed by atoms with E-state index in [-0.39, 0.29) is 0 Å². The average Bonchev–Trinajstić information content (AvgIpc) is 2.44. The first-order valence-electron chi connectivity index (χ1n) is 4.39. The molecule has 0 fully saturated rings. The van der Waals surface area contributed by atoms with Crippen molar-refractivity contribution < 1.29 is 9.90 Å². The maximum atomic E-state index is 10.9. The Kier molecular flexibility index (Phi) is 2.00. The van der Waals surface area contributed by atoms with Gasteiger partial charge in [-0.3, -0.25) is 4.79 Å². The molecule has 5 nitrogen and oxygen atoms in total. The van der Waals surface area contributed by atoms with E-state index < -0.39 is 11.9 Å². The number of nitrogens with zero attached hydrogens (tertiary/aromatic N) is 3. The van der Waals surface area contributed by atoms with Crippen LogP contribution in [0.4, 0.5) is 0 Å². The van der Waals surface area contributed by atoms with Gasteiger partial charge in [0.2, 0.25) is 0 Å². The van der Waals surface area contributed by atoms with Crippen LogP contribution >= 0.6 is 0 Å². The van der Waals surface area contributed by atoms with Crippen molar-refractivity contribution >= 4 is 5.97 Å². The molecule has 2 heterocycles. The number of carboxylic acids is 1. The molecule has 0 spiro atoms. The van der Waals surface area contributed by atoms with Crippen molar-refractivity contribution in [1.29, 1.82) is 0 Å². The van der Waals surface area contributed by atoms with E-state index >= 15 is 0 Å². The summed E-state index contributed by atoms with van der Waals surface area (Å²) < 4.78 is 1.84. The second-order valence-electron chi connectivity index (χ2n) is 3.27. The predicted molar refractivity (Wildman–Crippen MR) is 44.2 cm³/mol. The largest absolute Gasteiger partial charge is 0.481 e. The molecule has 1 aliphatic heterocycles. The topological polar surface area (TPSA) is 68.0 Å². The van der Waals surface area contributed by atoms with E-state index in [1.165, 1.54) is 0 Å². The fourth-order valence-electron chi connectivity index (χ4n) is 1.70. The summed E-state index contributed by atoms with van der Waals surface area (Å²) in [5, 5.41) is 16.5. The van der Waals surface area contributed by atoms with Gasteiger partial charge < -0.3 is 9.67 Å². The second-order valence-corrected chi connectivity index (χ2v) is 3.27. The number of fused-ring (bicyclic) bond motifs is 1. The normalized spacial score (nSPS) is 22.0. The Balaban J connectivity index is 2.36. The molecule has 0 amide bonds. The van der Waals surface area contributed by atoms with Gasteiger partial charge in [0.25, 0.3) is 0 Å². The van der Waals surface area contributed by atoms with Gasteiger partial charge in [-0.05, 0) is 12.8 Å².